The molecule has 0 aliphatic carbocycles. The fraction of sp³-hybridized carbons (Fsp3) is 0. The maximum Gasteiger partial charge on any atom is 0.0810 e. The van der Waals surface area contributed by atoms with Crippen LogP contribution >= 0.6 is 0 Å². The van der Waals surface area contributed by atoms with Gasteiger partial charge in [0.2, 0.25) is 0 Å². The van der Waals surface area contributed by atoms with E-state index in [9.17, 15) is 0 Å². The van der Waals surface area contributed by atoms with E-state index in [1.54, 1.807) is 0 Å². The third kappa shape index (κ3) is 6.27. The lowest BCUT2D eigenvalue weighted by molar-refractivity contribution is 1.19. The van der Waals surface area contributed by atoms with Crippen LogP contribution in [0.3, 0.4) is 0 Å². The number of nitrogens with zero attached hydrogens (tertiary/aromatic N) is 4. The molecule has 0 spiro atoms. The van der Waals surface area contributed by atoms with E-state index in [2.05, 4.69) is 257 Å². The highest BCUT2D eigenvalue weighted by Gasteiger charge is 2.22. The lowest BCUT2D eigenvalue weighted by Crippen LogP contribution is -2.12. The zero-order chi connectivity index (χ0) is 41.7. The Morgan fingerprint density at radius 2 is 0.857 bits per heavy atom. The van der Waals surface area contributed by atoms with Crippen LogP contribution in [0.15, 0.2) is 243 Å². The van der Waals surface area contributed by atoms with Crippen molar-refractivity contribution in [2.45, 2.75) is 0 Å². The lowest BCUT2D eigenvalue weighted by Gasteiger charge is -2.28. The predicted octanol–water partition coefficient (Wildman–Crippen LogP) is 16.2. The fourth-order valence-electron chi connectivity index (χ4n) is 9.46. The van der Waals surface area contributed by atoms with Gasteiger partial charge in [0.15, 0.2) is 0 Å². The quantitative estimate of drug-likeness (QED) is 0.143. The van der Waals surface area contributed by atoms with Crippen LogP contribution in [0.5, 0.6) is 0 Å². The molecule has 0 aliphatic heterocycles. The normalized spacial score (nSPS) is 11.5. The van der Waals surface area contributed by atoms with E-state index in [1.165, 1.54) is 32.4 Å². The van der Waals surface area contributed by atoms with Gasteiger partial charge in [-0.15, -0.1) is 0 Å². The Morgan fingerprint density at radius 3 is 1.59 bits per heavy atom. The average molecular weight is 805 g/mol. The first-order valence-electron chi connectivity index (χ1n) is 21.5. The molecule has 12 aromatic rings. The monoisotopic (exact) mass is 804 g/mol. The summed E-state index contributed by atoms with van der Waals surface area (Å²) < 4.78 is 2.42. The zero-order valence-corrected chi connectivity index (χ0v) is 34.4. The second kappa shape index (κ2) is 15.2. The molecule has 0 atom stereocenters. The molecule has 296 valence electrons. The Balaban J connectivity index is 1.08. The number of aromatic nitrogens is 2. The molecule has 12 rings (SSSR count). The van der Waals surface area contributed by atoms with Crippen molar-refractivity contribution in [1.82, 2.24) is 9.55 Å². The van der Waals surface area contributed by atoms with Crippen LogP contribution in [-0.4, -0.2) is 9.55 Å². The zero-order valence-electron chi connectivity index (χ0n) is 34.4. The van der Waals surface area contributed by atoms with E-state index < -0.39 is 0 Å². The van der Waals surface area contributed by atoms with E-state index >= 15 is 0 Å². The highest BCUT2D eigenvalue weighted by Crippen LogP contribution is 2.45. The SMILES string of the molecule is c1ccc(N(c2ccccc2)c2ccc(N(c3cccc(-c4nc5ccccc5c5ccc6c7ccccc7n(-c7ccccc7)c6c45)c3)c3ccc4ccccc4c3)cc2)cc1. The molecule has 4 heteroatoms. The van der Waals surface area contributed by atoms with Crippen molar-refractivity contribution in [3.05, 3.63) is 243 Å². The molecule has 63 heavy (non-hydrogen) atoms. The number of rotatable bonds is 8. The van der Waals surface area contributed by atoms with Gasteiger partial charge in [0.05, 0.1) is 22.2 Å². The van der Waals surface area contributed by atoms with E-state index in [-0.39, 0.29) is 0 Å². The molecule has 2 aromatic heterocycles. The number of anilines is 6. The number of pyridine rings is 1. The Kier molecular flexibility index (Phi) is 8.79. The summed E-state index contributed by atoms with van der Waals surface area (Å²) in [6.07, 6.45) is 0. The third-order valence-corrected chi connectivity index (χ3v) is 12.3. The average Bonchev–Trinajstić information content (AvgIpc) is 3.70. The van der Waals surface area contributed by atoms with E-state index in [1.807, 2.05) is 0 Å². The Labute approximate surface area is 365 Å². The molecular formula is C59H40N4. The second-order valence-electron chi connectivity index (χ2n) is 16.0. The van der Waals surface area contributed by atoms with Gasteiger partial charge in [-0.2, -0.15) is 0 Å². The van der Waals surface area contributed by atoms with Crippen LogP contribution < -0.4 is 9.80 Å². The summed E-state index contributed by atoms with van der Waals surface area (Å²) in [6, 6.07) is 86.9. The maximum absolute atomic E-state index is 5.57. The Morgan fingerprint density at radius 1 is 0.333 bits per heavy atom. The number of fused-ring (bicyclic) bond motifs is 8. The van der Waals surface area contributed by atoms with Crippen molar-refractivity contribution in [2.24, 2.45) is 0 Å². The summed E-state index contributed by atoms with van der Waals surface area (Å²) in [7, 11) is 0. The molecular weight excluding hydrogens is 765 g/mol. The summed E-state index contributed by atoms with van der Waals surface area (Å²) in [5.41, 5.74) is 12.9. The first kappa shape index (κ1) is 36.4. The van der Waals surface area contributed by atoms with Crippen molar-refractivity contribution < 1.29 is 0 Å². The summed E-state index contributed by atoms with van der Waals surface area (Å²) in [6.45, 7) is 0. The molecule has 10 aromatic carbocycles. The summed E-state index contributed by atoms with van der Waals surface area (Å²) in [5.74, 6) is 0. The minimum Gasteiger partial charge on any atom is -0.311 e. The second-order valence-corrected chi connectivity index (χ2v) is 16.0. The molecule has 0 amide bonds. The van der Waals surface area contributed by atoms with Crippen LogP contribution in [0, 0.1) is 0 Å². The fourth-order valence-corrected chi connectivity index (χ4v) is 9.46. The first-order valence-corrected chi connectivity index (χ1v) is 21.5. The van der Waals surface area contributed by atoms with Gasteiger partial charge < -0.3 is 14.4 Å². The molecule has 0 unspecified atom stereocenters. The Bertz CT molecular complexity index is 3580. The third-order valence-electron chi connectivity index (χ3n) is 12.3. The molecule has 0 bridgehead atoms. The molecule has 0 N–H and O–H groups in total. The molecule has 0 saturated heterocycles. The van der Waals surface area contributed by atoms with Gasteiger partial charge in [0.1, 0.15) is 0 Å². The number of hydrogen-bond donors (Lipinski definition) is 0. The smallest absolute Gasteiger partial charge is 0.0810 e. The van der Waals surface area contributed by atoms with E-state index in [4.69, 9.17) is 4.98 Å². The number of benzene rings is 10. The largest absolute Gasteiger partial charge is 0.311 e. The molecule has 0 fully saturated rings. The molecule has 4 nitrogen and oxygen atoms in total. The van der Waals surface area contributed by atoms with Gasteiger partial charge in [0.25, 0.3) is 0 Å². The van der Waals surface area contributed by atoms with Gasteiger partial charge in [-0.1, -0.05) is 146 Å². The van der Waals surface area contributed by atoms with Crippen molar-refractivity contribution in [2.75, 3.05) is 9.80 Å². The lowest BCUT2D eigenvalue weighted by atomic mass is 9.97. The van der Waals surface area contributed by atoms with E-state index in [0.717, 1.165) is 72.9 Å². The van der Waals surface area contributed by atoms with Crippen molar-refractivity contribution >= 4 is 88.4 Å². The van der Waals surface area contributed by atoms with Crippen LogP contribution in [0.4, 0.5) is 34.1 Å². The highest BCUT2D eigenvalue weighted by atomic mass is 15.2. The molecule has 0 saturated carbocycles. The number of para-hydroxylation sites is 5. The summed E-state index contributed by atoms with van der Waals surface area (Å²) >= 11 is 0. The summed E-state index contributed by atoms with van der Waals surface area (Å²) in [4.78, 5) is 10.2. The molecule has 2 heterocycles. The van der Waals surface area contributed by atoms with Crippen LogP contribution in [0.25, 0.3) is 71.2 Å². The summed E-state index contributed by atoms with van der Waals surface area (Å²) in [5, 5.41) is 8.26. The van der Waals surface area contributed by atoms with Crippen LogP contribution in [0.1, 0.15) is 0 Å². The van der Waals surface area contributed by atoms with Crippen LogP contribution in [0.2, 0.25) is 0 Å². The number of hydrogen-bond acceptors (Lipinski definition) is 3. The van der Waals surface area contributed by atoms with Gasteiger partial charge in [0, 0.05) is 66.9 Å². The van der Waals surface area contributed by atoms with Gasteiger partial charge >= 0.3 is 0 Å². The minimum atomic E-state index is 0.950. The molecule has 0 radical (unpaired) electrons. The van der Waals surface area contributed by atoms with Crippen molar-refractivity contribution in [3.8, 4) is 16.9 Å². The molecule has 0 aliphatic rings. The van der Waals surface area contributed by atoms with Crippen LogP contribution in [-0.2, 0) is 0 Å². The standard InChI is InChI=1S/C59H40N4/c1-4-20-44(21-5-1)61(45-22-6-2-7-23-45)47-33-35-48(36-34-47)62(50-32-31-41-17-10-11-18-42(41)39-50)49-26-16-19-43(40-49)58-57-53(51-27-12-14-29-55(51)60-58)37-38-54-52-28-13-15-30-56(52)63(59(54)57)46-24-8-3-9-25-46/h1-40H. The predicted molar refractivity (Wildman–Crippen MR) is 266 cm³/mol. The van der Waals surface area contributed by atoms with Gasteiger partial charge in [-0.25, -0.2) is 4.98 Å². The van der Waals surface area contributed by atoms with Crippen molar-refractivity contribution in [1.29, 1.82) is 0 Å². The van der Waals surface area contributed by atoms with E-state index in [0.29, 0.717) is 0 Å². The maximum atomic E-state index is 5.57. The Hall–Kier alpha value is -8.47. The van der Waals surface area contributed by atoms with Gasteiger partial charge in [-0.05, 0) is 113 Å². The first-order chi connectivity index (χ1) is 31.3. The minimum absolute atomic E-state index is 0.950. The van der Waals surface area contributed by atoms with Gasteiger partial charge in [-0.3, -0.25) is 0 Å². The van der Waals surface area contributed by atoms with Crippen molar-refractivity contribution in [3.63, 3.8) is 0 Å². The topological polar surface area (TPSA) is 24.3 Å². The highest BCUT2D eigenvalue weighted by molar-refractivity contribution is 6.26.